The fourth-order valence-corrected chi connectivity index (χ4v) is 5.20. The van der Waals surface area contributed by atoms with Gasteiger partial charge in [0.25, 0.3) is 5.56 Å². The van der Waals surface area contributed by atoms with E-state index in [0.29, 0.717) is 41.5 Å². The highest BCUT2D eigenvalue weighted by molar-refractivity contribution is 6.22. The number of nitrogens with zero attached hydrogens (tertiary/aromatic N) is 3. The molecule has 2 heterocycles. The van der Waals surface area contributed by atoms with Crippen molar-refractivity contribution in [3.63, 3.8) is 0 Å². The normalized spacial score (nSPS) is 12.7. The van der Waals surface area contributed by atoms with Gasteiger partial charge >= 0.3 is 5.76 Å². The van der Waals surface area contributed by atoms with E-state index in [2.05, 4.69) is 17.1 Å². The van der Waals surface area contributed by atoms with Crippen molar-refractivity contribution in [2.75, 3.05) is 6.61 Å². The maximum atomic E-state index is 14.2. The monoisotopic (exact) mass is 614 g/mol. The highest BCUT2D eigenvalue weighted by atomic mass is 35.5. The van der Waals surface area contributed by atoms with Crippen LogP contribution in [0.15, 0.2) is 86.9 Å². The molecule has 0 aliphatic heterocycles. The Morgan fingerprint density at radius 3 is 2.32 bits per heavy atom. The number of unbranched alkanes of at least 4 members (excludes halogenated alkanes) is 1. The minimum Gasteiger partial charge on any atom is -0.470 e. The maximum Gasteiger partial charge on any atom is 0.439 e. The van der Waals surface area contributed by atoms with Crippen molar-refractivity contribution in [3.05, 3.63) is 116 Å². The largest absolute Gasteiger partial charge is 0.470 e. The van der Waals surface area contributed by atoms with Crippen molar-refractivity contribution in [3.8, 4) is 34.0 Å². The molecule has 1 atom stereocenters. The Hall–Kier alpha value is -4.47. The third-order valence-electron chi connectivity index (χ3n) is 7.39. The topological polar surface area (TPSA) is 123 Å². The number of nitrogens with one attached hydrogen (secondary N) is 1. The Balaban J connectivity index is 1.50. The number of benzene rings is 3. The number of rotatable bonds is 12. The zero-order valence-electron chi connectivity index (χ0n) is 25.0. The Labute approximate surface area is 260 Å². The molecule has 9 nitrogen and oxygen atoms in total. The van der Waals surface area contributed by atoms with Crippen LogP contribution in [0.3, 0.4) is 0 Å². The minimum absolute atomic E-state index is 0.0985. The Kier molecular flexibility index (Phi) is 9.46. The molecule has 2 N–H and O–H groups in total. The lowest BCUT2D eigenvalue weighted by molar-refractivity contribution is 0.0949. The molecule has 1 unspecified atom stereocenters. The number of alkyl halides is 1. The summed E-state index contributed by atoms with van der Waals surface area (Å²) in [5.41, 5.74) is 5.62. The lowest BCUT2D eigenvalue weighted by Crippen LogP contribution is -2.30. The number of aromatic amines is 1. The molecule has 0 fully saturated rings. The van der Waals surface area contributed by atoms with E-state index in [1.165, 1.54) is 0 Å². The predicted octanol–water partition coefficient (Wildman–Crippen LogP) is 6.06. The number of aryl methyl sites for hydroxylation is 2. The summed E-state index contributed by atoms with van der Waals surface area (Å²) in [4.78, 5) is 33.3. The molecular formula is C34H35ClN4O5. The van der Waals surface area contributed by atoms with Crippen LogP contribution in [0, 0.1) is 0 Å². The van der Waals surface area contributed by atoms with Gasteiger partial charge in [-0.2, -0.15) is 0 Å². The van der Waals surface area contributed by atoms with Crippen LogP contribution in [0.25, 0.3) is 28.2 Å². The van der Waals surface area contributed by atoms with Gasteiger partial charge in [-0.3, -0.25) is 18.9 Å². The van der Waals surface area contributed by atoms with E-state index < -0.39 is 10.8 Å². The molecule has 3 aromatic carbocycles. The molecule has 5 aromatic rings. The van der Waals surface area contributed by atoms with Crippen LogP contribution in [0.2, 0.25) is 0 Å². The maximum absolute atomic E-state index is 14.2. The Bertz CT molecular complexity index is 1840. The van der Waals surface area contributed by atoms with Gasteiger partial charge in [0.1, 0.15) is 11.6 Å². The molecule has 0 radical (unpaired) electrons. The lowest BCUT2D eigenvalue weighted by atomic mass is 9.96. The third kappa shape index (κ3) is 6.85. The van der Waals surface area contributed by atoms with Gasteiger partial charge in [-0.1, -0.05) is 85.6 Å². The van der Waals surface area contributed by atoms with Crippen LogP contribution in [0.1, 0.15) is 56.3 Å². The number of hydrogen-bond donors (Lipinski definition) is 2. The molecule has 2 aromatic heterocycles. The van der Waals surface area contributed by atoms with Crippen LogP contribution in [-0.2, 0) is 19.3 Å². The summed E-state index contributed by atoms with van der Waals surface area (Å²) in [5, 5.41) is 12.0. The standard InChI is InChI=1S/C34H35ClN4O5/c1-4-6-11-29-28(32(41)39(30(5-2)36-29)24-16-18-25(19-17-24)43-34(3,35)21-40)20-22-12-14-23(15-13-22)26-9-7-8-10-27(26)31-37-33(42)44-38-31/h7-10,12-19,40H,4-6,11,20-21H2,1-3H3,(H,37,38,42). The van der Waals surface area contributed by atoms with E-state index >= 15 is 0 Å². The molecule has 0 aliphatic rings. The second-order valence-electron chi connectivity index (χ2n) is 10.8. The second kappa shape index (κ2) is 13.4. The third-order valence-corrected chi connectivity index (χ3v) is 7.59. The number of halogens is 1. The van der Waals surface area contributed by atoms with E-state index in [4.69, 9.17) is 25.8 Å². The SMILES string of the molecule is CCCCc1nc(CC)n(-c2ccc(OC(C)(Cl)CO)cc2)c(=O)c1Cc1ccc(-c2ccccc2-c2noc(=O)[nH]2)cc1. The summed E-state index contributed by atoms with van der Waals surface area (Å²) < 4.78 is 12.0. The van der Waals surface area contributed by atoms with Gasteiger partial charge in [0.2, 0.25) is 5.06 Å². The van der Waals surface area contributed by atoms with Crippen molar-refractivity contribution < 1.29 is 14.4 Å². The molecule has 0 saturated carbocycles. The molecule has 0 spiro atoms. The minimum atomic E-state index is -1.24. The van der Waals surface area contributed by atoms with Gasteiger partial charge in [0, 0.05) is 24.0 Å². The van der Waals surface area contributed by atoms with Crippen LogP contribution in [0.5, 0.6) is 5.75 Å². The summed E-state index contributed by atoms with van der Waals surface area (Å²) in [6.07, 6.45) is 3.65. The zero-order valence-corrected chi connectivity index (χ0v) is 25.7. The van der Waals surface area contributed by atoms with E-state index in [1.807, 2.05) is 55.5 Å². The van der Waals surface area contributed by atoms with Crippen molar-refractivity contribution >= 4 is 11.6 Å². The van der Waals surface area contributed by atoms with Crippen LogP contribution < -0.4 is 16.1 Å². The van der Waals surface area contributed by atoms with Crippen molar-refractivity contribution in [1.29, 1.82) is 0 Å². The molecular weight excluding hydrogens is 580 g/mol. The number of ether oxygens (including phenoxy) is 1. The molecule has 0 amide bonds. The molecule has 0 saturated heterocycles. The summed E-state index contributed by atoms with van der Waals surface area (Å²) in [5.74, 6) is 0.925. The van der Waals surface area contributed by atoms with Crippen LogP contribution in [0.4, 0.5) is 0 Å². The fraction of sp³-hybridized carbons (Fsp3) is 0.294. The van der Waals surface area contributed by atoms with E-state index in [-0.39, 0.29) is 12.2 Å². The van der Waals surface area contributed by atoms with Gasteiger partial charge in [0.15, 0.2) is 5.82 Å². The molecule has 10 heteroatoms. The van der Waals surface area contributed by atoms with Crippen molar-refractivity contribution in [2.24, 2.45) is 0 Å². The van der Waals surface area contributed by atoms with Crippen molar-refractivity contribution in [2.45, 2.75) is 57.9 Å². The molecule has 0 bridgehead atoms. The van der Waals surface area contributed by atoms with Gasteiger partial charge < -0.3 is 9.84 Å². The molecule has 228 valence electrons. The van der Waals surface area contributed by atoms with E-state index in [0.717, 1.165) is 47.2 Å². The first-order valence-electron chi connectivity index (χ1n) is 14.7. The Morgan fingerprint density at radius 2 is 1.70 bits per heavy atom. The van der Waals surface area contributed by atoms with Gasteiger partial charge in [-0.15, -0.1) is 0 Å². The van der Waals surface area contributed by atoms with Crippen LogP contribution in [-0.4, -0.2) is 36.5 Å². The highest BCUT2D eigenvalue weighted by Gasteiger charge is 2.22. The Morgan fingerprint density at radius 1 is 1.00 bits per heavy atom. The first-order valence-corrected chi connectivity index (χ1v) is 15.1. The number of aromatic nitrogens is 4. The van der Waals surface area contributed by atoms with Gasteiger partial charge in [-0.05, 0) is 60.7 Å². The number of aliphatic hydroxyl groups excluding tert-OH is 1. The summed E-state index contributed by atoms with van der Waals surface area (Å²) in [6, 6.07) is 22.7. The fourth-order valence-electron chi connectivity index (χ4n) is 5.12. The quantitative estimate of drug-likeness (QED) is 0.164. The first-order chi connectivity index (χ1) is 21.2. The molecule has 5 rings (SSSR count). The first kappa shape index (κ1) is 31.0. The van der Waals surface area contributed by atoms with Crippen molar-refractivity contribution in [1.82, 2.24) is 19.7 Å². The lowest BCUT2D eigenvalue weighted by Gasteiger charge is -2.22. The number of H-pyrrole nitrogens is 1. The van der Waals surface area contributed by atoms with E-state index in [9.17, 15) is 14.7 Å². The van der Waals surface area contributed by atoms with Gasteiger partial charge in [-0.25, -0.2) is 9.78 Å². The number of hydrogen-bond acceptors (Lipinski definition) is 7. The summed E-state index contributed by atoms with van der Waals surface area (Å²) >= 11 is 6.17. The summed E-state index contributed by atoms with van der Waals surface area (Å²) in [6.45, 7) is 5.35. The average molecular weight is 615 g/mol. The highest BCUT2D eigenvalue weighted by Crippen LogP contribution is 2.30. The van der Waals surface area contributed by atoms with Gasteiger partial charge in [0.05, 0.1) is 18.0 Å². The van der Waals surface area contributed by atoms with E-state index in [1.54, 1.807) is 35.8 Å². The second-order valence-corrected chi connectivity index (χ2v) is 11.6. The zero-order chi connectivity index (χ0) is 31.3. The summed E-state index contributed by atoms with van der Waals surface area (Å²) in [7, 11) is 0. The smallest absolute Gasteiger partial charge is 0.439 e. The molecule has 0 aliphatic carbocycles. The predicted molar refractivity (Wildman–Crippen MR) is 171 cm³/mol. The number of aliphatic hydroxyl groups is 1. The molecule has 44 heavy (non-hydrogen) atoms. The average Bonchev–Trinajstić information content (AvgIpc) is 3.48. The van der Waals surface area contributed by atoms with Crippen LogP contribution >= 0.6 is 11.6 Å².